The predicted molar refractivity (Wildman–Crippen MR) is 74.9 cm³/mol. The fraction of sp³-hybridized carbons (Fsp3) is 0.909. The molecule has 1 amide bonds. The van der Waals surface area contributed by atoms with Crippen LogP contribution in [0.5, 0.6) is 0 Å². The van der Waals surface area contributed by atoms with Crippen LogP contribution in [-0.2, 0) is 15.6 Å². The molecule has 0 saturated carbocycles. The molecule has 0 bridgehead atoms. The molecule has 1 heterocycles. The van der Waals surface area contributed by atoms with E-state index in [0.29, 0.717) is 29.1 Å². The van der Waals surface area contributed by atoms with Gasteiger partial charge in [0.25, 0.3) is 0 Å². The minimum absolute atomic E-state index is 0.0710. The van der Waals surface area contributed by atoms with E-state index in [0.717, 1.165) is 25.9 Å². The zero-order valence-electron chi connectivity index (χ0n) is 10.4. The fourth-order valence-electron chi connectivity index (χ4n) is 1.66. The van der Waals surface area contributed by atoms with Crippen molar-refractivity contribution < 1.29 is 9.00 Å². The van der Waals surface area contributed by atoms with Gasteiger partial charge >= 0.3 is 0 Å². The first kappa shape index (κ1) is 15.0. The summed E-state index contributed by atoms with van der Waals surface area (Å²) in [6, 6.07) is 0. The van der Waals surface area contributed by atoms with Gasteiger partial charge in [0, 0.05) is 34.1 Å². The van der Waals surface area contributed by atoms with Crippen molar-refractivity contribution in [3.05, 3.63) is 0 Å². The number of carbonyl (C=O) groups is 1. The van der Waals surface area contributed by atoms with Crippen LogP contribution in [0.4, 0.5) is 0 Å². The van der Waals surface area contributed by atoms with Gasteiger partial charge in [0.1, 0.15) is 0 Å². The van der Waals surface area contributed by atoms with Crippen molar-refractivity contribution in [3.63, 3.8) is 0 Å². The Balaban J connectivity index is 2.02. The maximum atomic E-state index is 11.5. The molecule has 0 aliphatic carbocycles. The number of amides is 1. The molecule has 0 radical (unpaired) electrons. The zero-order chi connectivity index (χ0) is 12.5. The van der Waals surface area contributed by atoms with Crippen LogP contribution in [0.15, 0.2) is 0 Å². The molecule has 1 fully saturated rings. The number of nitrogens with one attached hydrogen (secondary N) is 2. The van der Waals surface area contributed by atoms with E-state index in [4.69, 9.17) is 0 Å². The molecule has 2 N–H and O–H groups in total. The topological polar surface area (TPSA) is 58.2 Å². The Morgan fingerprint density at radius 3 is 2.82 bits per heavy atom. The molecule has 0 aromatic heterocycles. The molecule has 4 nitrogen and oxygen atoms in total. The summed E-state index contributed by atoms with van der Waals surface area (Å²) in [4.78, 5) is 11.5. The van der Waals surface area contributed by atoms with Crippen molar-refractivity contribution in [2.45, 2.75) is 25.0 Å². The first-order valence-corrected chi connectivity index (χ1v) is 8.70. The molecule has 1 saturated heterocycles. The highest BCUT2D eigenvalue weighted by atomic mass is 32.2. The van der Waals surface area contributed by atoms with E-state index in [9.17, 15) is 9.00 Å². The lowest BCUT2D eigenvalue weighted by Crippen LogP contribution is -2.32. The van der Waals surface area contributed by atoms with Crippen LogP contribution in [0.25, 0.3) is 0 Å². The van der Waals surface area contributed by atoms with Gasteiger partial charge in [-0.2, -0.15) is 0 Å². The second-order valence-electron chi connectivity index (χ2n) is 4.04. The summed E-state index contributed by atoms with van der Waals surface area (Å²) >= 11 is 1.74. The Morgan fingerprint density at radius 2 is 2.18 bits per heavy atom. The van der Waals surface area contributed by atoms with E-state index in [2.05, 4.69) is 10.6 Å². The Kier molecular flexibility index (Phi) is 7.88. The molecule has 0 aromatic rings. The minimum atomic E-state index is -0.781. The average molecular weight is 278 g/mol. The van der Waals surface area contributed by atoms with Crippen molar-refractivity contribution in [2.24, 2.45) is 0 Å². The van der Waals surface area contributed by atoms with E-state index in [1.807, 2.05) is 6.92 Å². The third-order valence-corrected chi connectivity index (χ3v) is 5.39. The fourth-order valence-corrected chi connectivity index (χ4v) is 3.33. The van der Waals surface area contributed by atoms with Crippen molar-refractivity contribution in [3.8, 4) is 0 Å². The lowest BCUT2D eigenvalue weighted by molar-refractivity contribution is -0.118. The summed E-state index contributed by atoms with van der Waals surface area (Å²) in [5.41, 5.74) is 0. The van der Waals surface area contributed by atoms with E-state index >= 15 is 0 Å². The molecule has 17 heavy (non-hydrogen) atoms. The number of hydrogen-bond acceptors (Lipinski definition) is 4. The van der Waals surface area contributed by atoms with Crippen LogP contribution in [0.3, 0.4) is 0 Å². The highest BCUT2D eigenvalue weighted by Gasteiger charge is 2.14. The van der Waals surface area contributed by atoms with Gasteiger partial charge in [0.2, 0.25) is 5.91 Å². The zero-order valence-corrected chi connectivity index (χ0v) is 12.0. The molecular formula is C11H22N2O2S2. The molecular weight excluding hydrogens is 256 g/mol. The number of rotatable bonds is 7. The van der Waals surface area contributed by atoms with Gasteiger partial charge in [0.15, 0.2) is 0 Å². The van der Waals surface area contributed by atoms with Crippen LogP contribution in [0.1, 0.15) is 19.8 Å². The van der Waals surface area contributed by atoms with E-state index in [-0.39, 0.29) is 5.91 Å². The third kappa shape index (κ3) is 7.06. The van der Waals surface area contributed by atoms with Crippen molar-refractivity contribution in [1.82, 2.24) is 10.6 Å². The van der Waals surface area contributed by atoms with Gasteiger partial charge in [-0.05, 0) is 25.9 Å². The molecule has 6 heteroatoms. The van der Waals surface area contributed by atoms with Crippen LogP contribution < -0.4 is 10.6 Å². The highest BCUT2D eigenvalue weighted by Crippen LogP contribution is 2.19. The lowest BCUT2D eigenvalue weighted by Gasteiger charge is -2.21. The monoisotopic (exact) mass is 278 g/mol. The molecule has 100 valence electrons. The highest BCUT2D eigenvalue weighted by molar-refractivity contribution is 8.00. The standard InChI is InChI=1S/C11H22N2O2S2/c1-2-17(15)8-7-13-11(14)9-16-10-3-5-12-6-4-10/h10,12H,2-9H2,1H3,(H,13,14). The second kappa shape index (κ2) is 8.94. The largest absolute Gasteiger partial charge is 0.354 e. The van der Waals surface area contributed by atoms with Gasteiger partial charge in [0.05, 0.1) is 5.75 Å². The molecule has 0 spiro atoms. The molecule has 1 aliphatic rings. The molecule has 1 rings (SSSR count). The van der Waals surface area contributed by atoms with Crippen LogP contribution in [-0.4, -0.2) is 52.3 Å². The van der Waals surface area contributed by atoms with Gasteiger partial charge < -0.3 is 10.6 Å². The maximum absolute atomic E-state index is 11.5. The van der Waals surface area contributed by atoms with E-state index < -0.39 is 10.8 Å². The van der Waals surface area contributed by atoms with Gasteiger partial charge in [-0.25, -0.2) is 0 Å². The van der Waals surface area contributed by atoms with Gasteiger partial charge in [-0.3, -0.25) is 9.00 Å². The number of hydrogen-bond donors (Lipinski definition) is 2. The Morgan fingerprint density at radius 1 is 1.47 bits per heavy atom. The normalized spacial score (nSPS) is 18.9. The maximum Gasteiger partial charge on any atom is 0.230 e. The Labute approximate surface area is 110 Å². The average Bonchev–Trinajstić information content (AvgIpc) is 2.37. The Hall–Kier alpha value is -0.0700. The summed E-state index contributed by atoms with van der Waals surface area (Å²) in [7, 11) is -0.781. The summed E-state index contributed by atoms with van der Waals surface area (Å²) in [6.07, 6.45) is 2.30. The van der Waals surface area contributed by atoms with Crippen molar-refractivity contribution in [1.29, 1.82) is 0 Å². The minimum Gasteiger partial charge on any atom is -0.354 e. The lowest BCUT2D eigenvalue weighted by atomic mass is 10.2. The number of thioether (sulfide) groups is 1. The van der Waals surface area contributed by atoms with Crippen molar-refractivity contribution >= 4 is 28.5 Å². The molecule has 1 aliphatic heterocycles. The predicted octanol–water partition coefficient (Wildman–Crippen LogP) is 0.356. The summed E-state index contributed by atoms with van der Waals surface area (Å²) in [5, 5.41) is 6.74. The van der Waals surface area contributed by atoms with Gasteiger partial charge in [-0.15, -0.1) is 11.8 Å². The third-order valence-electron chi connectivity index (χ3n) is 2.71. The summed E-state index contributed by atoms with van der Waals surface area (Å²) in [6.45, 7) is 4.56. The van der Waals surface area contributed by atoms with E-state index in [1.54, 1.807) is 11.8 Å². The number of carbonyl (C=O) groups excluding carboxylic acids is 1. The molecule has 1 unspecified atom stereocenters. The van der Waals surface area contributed by atoms with Crippen LogP contribution >= 0.6 is 11.8 Å². The van der Waals surface area contributed by atoms with Gasteiger partial charge in [-0.1, -0.05) is 6.92 Å². The first-order valence-electron chi connectivity index (χ1n) is 6.16. The Bertz CT molecular complexity index is 256. The van der Waals surface area contributed by atoms with E-state index in [1.165, 1.54) is 0 Å². The van der Waals surface area contributed by atoms with Crippen LogP contribution in [0, 0.1) is 0 Å². The SMILES string of the molecule is CCS(=O)CCNC(=O)CSC1CCNCC1. The van der Waals surface area contributed by atoms with Crippen LogP contribution in [0.2, 0.25) is 0 Å². The van der Waals surface area contributed by atoms with Crippen molar-refractivity contribution in [2.75, 3.05) is 36.9 Å². The second-order valence-corrected chi connectivity index (χ2v) is 7.20. The smallest absolute Gasteiger partial charge is 0.230 e. The molecule has 1 atom stereocenters. The first-order chi connectivity index (χ1) is 8.22. The molecule has 0 aromatic carbocycles. The quantitative estimate of drug-likeness (QED) is 0.706. The number of piperidine rings is 1. The summed E-state index contributed by atoms with van der Waals surface area (Å²) in [5.74, 6) is 1.84. The summed E-state index contributed by atoms with van der Waals surface area (Å²) < 4.78 is 11.1.